The summed E-state index contributed by atoms with van der Waals surface area (Å²) < 4.78 is 14.1. The zero-order chi connectivity index (χ0) is 38.5. The van der Waals surface area contributed by atoms with Gasteiger partial charge in [-0.15, -0.1) is 11.3 Å². The highest BCUT2D eigenvalue weighted by Gasteiger charge is 2.68. The lowest BCUT2D eigenvalue weighted by molar-refractivity contribution is -0.142. The van der Waals surface area contributed by atoms with Crippen LogP contribution in [0.4, 0.5) is 5.82 Å². The summed E-state index contributed by atoms with van der Waals surface area (Å²) in [7, 11) is 4.53. The minimum atomic E-state index is -1.44. The number of phenolic OH excluding ortho intramolecular Hbond substituents is 1. The predicted molar refractivity (Wildman–Crippen MR) is 199 cm³/mol. The number of allylic oxidation sites excluding steroid dienone is 2. The quantitative estimate of drug-likeness (QED) is 0.168. The molecule has 0 bridgehead atoms. The standard InChI is InChI=1S/C39H37ClN4O9S/c1-17-22-12-18(40)6-9-28(22)54-34(17)25-16-29(42(3)41-25)44-36(49)24-15-23-20(7-8-21-31(23)37(50)43(35(21)48)11-10-30(46)47)33(39(24,2)38(44)51)32-26(52-4)13-19(45)14-27(32)53-5/h6-7,9,12-14,16,21,23-24,31,33,45H,8,10-11,15H2,1-5H3,(H,46,47). The van der Waals surface area contributed by atoms with Crippen LogP contribution in [0.3, 0.4) is 0 Å². The molecule has 2 saturated heterocycles. The highest BCUT2D eigenvalue weighted by Crippen LogP contribution is 2.65. The first-order valence-corrected chi connectivity index (χ1v) is 18.7. The number of aromatic hydroxyl groups is 1. The Morgan fingerprint density at radius 3 is 2.41 bits per heavy atom. The van der Waals surface area contributed by atoms with Crippen LogP contribution in [-0.2, 0) is 31.0 Å². The molecule has 0 radical (unpaired) electrons. The molecule has 13 nitrogen and oxygen atoms in total. The molecular weight excluding hydrogens is 736 g/mol. The number of nitrogens with zero attached hydrogens (tertiary/aromatic N) is 4. The second kappa shape index (κ2) is 12.7. The first-order valence-electron chi connectivity index (χ1n) is 17.5. The Morgan fingerprint density at radius 2 is 1.74 bits per heavy atom. The molecule has 6 atom stereocenters. The Morgan fingerprint density at radius 1 is 1.04 bits per heavy atom. The van der Waals surface area contributed by atoms with Gasteiger partial charge in [0.25, 0.3) is 0 Å². The van der Waals surface area contributed by atoms with Gasteiger partial charge in [0.15, 0.2) is 0 Å². The Kier molecular flexibility index (Phi) is 8.42. The van der Waals surface area contributed by atoms with Gasteiger partial charge in [-0.25, -0.2) is 4.90 Å². The predicted octanol–water partition coefficient (Wildman–Crippen LogP) is 5.69. The molecule has 2 aliphatic heterocycles. The third-order valence-corrected chi connectivity index (χ3v) is 13.5. The van der Waals surface area contributed by atoms with Crippen LogP contribution < -0.4 is 14.4 Å². The van der Waals surface area contributed by atoms with Gasteiger partial charge in [-0.3, -0.25) is 33.6 Å². The number of thiophene rings is 1. The number of ether oxygens (including phenoxy) is 2. The number of carbonyl (C=O) groups is 5. The molecule has 8 rings (SSSR count). The highest BCUT2D eigenvalue weighted by atomic mass is 35.5. The van der Waals surface area contributed by atoms with Gasteiger partial charge >= 0.3 is 5.97 Å². The fourth-order valence-electron chi connectivity index (χ4n) is 9.46. The number of halogens is 1. The van der Waals surface area contributed by atoms with Crippen LogP contribution >= 0.6 is 22.9 Å². The average Bonchev–Trinajstić information content (AvgIpc) is 3.80. The van der Waals surface area contributed by atoms with Crippen molar-refractivity contribution in [2.24, 2.45) is 36.1 Å². The van der Waals surface area contributed by atoms with E-state index in [-0.39, 0.29) is 42.5 Å². The van der Waals surface area contributed by atoms with Crippen LogP contribution in [0.25, 0.3) is 20.7 Å². The monoisotopic (exact) mass is 772 g/mol. The number of aromatic nitrogens is 2. The lowest BCUT2D eigenvalue weighted by Crippen LogP contribution is -2.49. The summed E-state index contributed by atoms with van der Waals surface area (Å²) in [6.45, 7) is 3.46. The topological polar surface area (TPSA) is 169 Å². The van der Waals surface area contributed by atoms with Crippen molar-refractivity contribution in [3.63, 3.8) is 0 Å². The maximum atomic E-state index is 15.2. The lowest BCUT2D eigenvalue weighted by Gasteiger charge is -2.49. The maximum absolute atomic E-state index is 15.2. The zero-order valence-corrected chi connectivity index (χ0v) is 31.7. The molecule has 4 amide bonds. The van der Waals surface area contributed by atoms with Crippen molar-refractivity contribution in [1.82, 2.24) is 14.7 Å². The first-order chi connectivity index (χ1) is 25.7. The summed E-state index contributed by atoms with van der Waals surface area (Å²) in [5.74, 6) is -6.52. The Hall–Kier alpha value is -5.21. The Balaban J connectivity index is 1.27. The molecule has 1 saturated carbocycles. The molecule has 6 unspecified atom stereocenters. The van der Waals surface area contributed by atoms with Crippen molar-refractivity contribution in [1.29, 1.82) is 0 Å². The molecule has 280 valence electrons. The number of carbonyl (C=O) groups excluding carboxylic acids is 4. The van der Waals surface area contributed by atoms with E-state index in [2.05, 4.69) is 0 Å². The normalized spacial score (nSPS) is 26.3. The van der Waals surface area contributed by atoms with Crippen molar-refractivity contribution in [2.45, 2.75) is 39.0 Å². The van der Waals surface area contributed by atoms with Crippen LogP contribution in [0.5, 0.6) is 17.2 Å². The summed E-state index contributed by atoms with van der Waals surface area (Å²) in [6, 6.07) is 10.2. The van der Waals surface area contributed by atoms with Crippen LogP contribution in [0.15, 0.2) is 48.0 Å². The van der Waals surface area contributed by atoms with E-state index in [0.29, 0.717) is 21.9 Å². The number of likely N-dealkylation sites (tertiary alicyclic amines) is 1. The number of rotatable bonds is 8. The molecular formula is C39H37ClN4O9S. The molecule has 2 aromatic carbocycles. The van der Waals surface area contributed by atoms with Gasteiger partial charge in [-0.1, -0.05) is 23.3 Å². The van der Waals surface area contributed by atoms with E-state index in [1.54, 1.807) is 20.0 Å². The number of phenols is 1. The van der Waals surface area contributed by atoms with Crippen molar-refractivity contribution in [2.75, 3.05) is 25.7 Å². The third-order valence-electron chi connectivity index (χ3n) is 11.9. The zero-order valence-electron chi connectivity index (χ0n) is 30.1. The molecule has 4 aromatic rings. The van der Waals surface area contributed by atoms with E-state index in [1.165, 1.54) is 47.3 Å². The molecule has 2 aliphatic carbocycles. The van der Waals surface area contributed by atoms with Gasteiger partial charge in [0.1, 0.15) is 28.8 Å². The minimum Gasteiger partial charge on any atom is -0.508 e. The number of anilines is 1. The number of benzene rings is 2. The average molecular weight is 773 g/mol. The summed E-state index contributed by atoms with van der Waals surface area (Å²) in [4.78, 5) is 72.3. The Labute approximate surface area is 318 Å². The van der Waals surface area contributed by atoms with Crippen LogP contribution in [-0.4, -0.2) is 75.3 Å². The largest absolute Gasteiger partial charge is 0.508 e. The van der Waals surface area contributed by atoms with E-state index >= 15 is 4.79 Å². The number of fused-ring (bicyclic) bond motifs is 5. The number of methoxy groups -OCH3 is 2. The van der Waals surface area contributed by atoms with E-state index in [1.807, 2.05) is 31.2 Å². The Bertz CT molecular complexity index is 2340. The van der Waals surface area contributed by atoms with Gasteiger partial charge < -0.3 is 19.7 Å². The highest BCUT2D eigenvalue weighted by molar-refractivity contribution is 7.22. The van der Waals surface area contributed by atoms with Crippen LogP contribution in [0.1, 0.15) is 43.2 Å². The fraction of sp³-hybridized carbons (Fsp3) is 0.385. The van der Waals surface area contributed by atoms with Crippen LogP contribution in [0.2, 0.25) is 5.02 Å². The van der Waals surface area contributed by atoms with Gasteiger partial charge in [-0.05, 0) is 61.8 Å². The number of amides is 4. The number of hydrogen-bond acceptors (Lipinski definition) is 10. The van der Waals surface area contributed by atoms with Crippen molar-refractivity contribution >= 4 is 68.4 Å². The van der Waals surface area contributed by atoms with Gasteiger partial charge in [0, 0.05) is 53.0 Å². The molecule has 2 N–H and O–H groups in total. The summed E-state index contributed by atoms with van der Waals surface area (Å²) in [6.07, 6.45) is 1.77. The molecule has 0 spiro atoms. The number of imide groups is 2. The van der Waals surface area contributed by atoms with E-state index in [9.17, 15) is 29.4 Å². The maximum Gasteiger partial charge on any atom is 0.305 e. The second-order valence-corrected chi connectivity index (χ2v) is 16.1. The number of carboxylic acid groups (broad SMARTS) is 1. The van der Waals surface area contributed by atoms with E-state index in [0.717, 1.165) is 25.4 Å². The van der Waals surface area contributed by atoms with Crippen LogP contribution in [0, 0.1) is 36.0 Å². The summed E-state index contributed by atoms with van der Waals surface area (Å²) in [5.41, 5.74) is 1.22. The number of carboxylic acids is 1. The van der Waals surface area contributed by atoms with Gasteiger partial charge in [0.05, 0.1) is 48.7 Å². The molecule has 4 heterocycles. The third kappa shape index (κ3) is 5.02. The van der Waals surface area contributed by atoms with Gasteiger partial charge in [-0.2, -0.15) is 5.10 Å². The SMILES string of the molecule is COc1cc(O)cc(OC)c1C1C2=CCC3C(=O)N(CCC(=O)O)C(=O)C3C2CC2C(=O)N(c3cc(-c4sc5ccc(Cl)cc5c4C)nn3C)C(=O)C21C. The molecule has 54 heavy (non-hydrogen) atoms. The summed E-state index contributed by atoms with van der Waals surface area (Å²) >= 11 is 7.83. The van der Waals surface area contributed by atoms with E-state index in [4.69, 9.17) is 26.2 Å². The number of hydrogen-bond donors (Lipinski definition) is 2. The smallest absolute Gasteiger partial charge is 0.305 e. The van der Waals surface area contributed by atoms with E-state index < -0.39 is 71.0 Å². The molecule has 15 heteroatoms. The van der Waals surface area contributed by atoms with Crippen molar-refractivity contribution in [3.8, 4) is 27.8 Å². The fourth-order valence-corrected chi connectivity index (χ4v) is 10.8. The first kappa shape index (κ1) is 35.8. The minimum absolute atomic E-state index is 0.0937. The molecule has 2 aromatic heterocycles. The van der Waals surface area contributed by atoms with Crippen molar-refractivity contribution in [3.05, 3.63) is 64.2 Å². The molecule has 3 fully saturated rings. The molecule has 4 aliphatic rings. The van der Waals surface area contributed by atoms with Crippen molar-refractivity contribution < 1.29 is 43.7 Å². The number of aryl methyl sites for hydroxylation is 2. The number of aliphatic carboxylic acids is 1. The second-order valence-electron chi connectivity index (χ2n) is 14.6. The lowest BCUT2D eigenvalue weighted by atomic mass is 9.51. The van der Waals surface area contributed by atoms with Gasteiger partial charge in [0.2, 0.25) is 23.6 Å². The summed E-state index contributed by atoms with van der Waals surface area (Å²) in [5, 5.41) is 26.3.